The molecule has 8 nitrogen and oxygen atoms in total. The fraction of sp³-hybridized carbons (Fsp3) is 0.167. The lowest BCUT2D eigenvalue weighted by Crippen LogP contribution is -2.47. The second-order valence-electron chi connectivity index (χ2n) is 7.90. The summed E-state index contributed by atoms with van der Waals surface area (Å²) in [6.07, 6.45) is 0. The molecule has 4 rings (SSSR count). The van der Waals surface area contributed by atoms with Gasteiger partial charge >= 0.3 is 0 Å². The van der Waals surface area contributed by atoms with Gasteiger partial charge in [0.1, 0.15) is 11.8 Å². The van der Waals surface area contributed by atoms with Crippen molar-refractivity contribution < 1.29 is 22.7 Å². The summed E-state index contributed by atoms with van der Waals surface area (Å²) >= 11 is 0. The number of amides is 2. The third-order valence-electron chi connectivity index (χ3n) is 5.26. The van der Waals surface area contributed by atoms with E-state index < -0.39 is 27.9 Å². The number of nitrogens with two attached hydrogens (primary N) is 1. The second kappa shape index (κ2) is 8.68. The molecular weight excluding hydrogens is 442 g/mol. The summed E-state index contributed by atoms with van der Waals surface area (Å²) in [5.41, 5.74) is 3.13. The van der Waals surface area contributed by atoms with E-state index in [1.807, 2.05) is 38.1 Å². The molecule has 0 radical (unpaired) electrons. The first kappa shape index (κ1) is 22.5. The zero-order valence-corrected chi connectivity index (χ0v) is 18.9. The van der Waals surface area contributed by atoms with Crippen LogP contribution in [0.15, 0.2) is 71.6 Å². The largest absolute Gasteiger partial charge is 0.484 e. The van der Waals surface area contributed by atoms with E-state index in [-0.39, 0.29) is 17.2 Å². The van der Waals surface area contributed by atoms with E-state index in [4.69, 9.17) is 9.88 Å². The van der Waals surface area contributed by atoms with Gasteiger partial charge < -0.3 is 10.1 Å². The van der Waals surface area contributed by atoms with Gasteiger partial charge in [0.2, 0.25) is 10.0 Å². The fourth-order valence-electron chi connectivity index (χ4n) is 3.90. The number of hydrogen-bond acceptors (Lipinski definition) is 5. The fourth-order valence-corrected chi connectivity index (χ4v) is 4.44. The van der Waals surface area contributed by atoms with E-state index in [2.05, 4.69) is 5.32 Å². The molecule has 0 spiro atoms. The van der Waals surface area contributed by atoms with E-state index in [0.29, 0.717) is 17.0 Å². The van der Waals surface area contributed by atoms with Crippen LogP contribution >= 0.6 is 0 Å². The molecule has 33 heavy (non-hydrogen) atoms. The highest BCUT2D eigenvalue weighted by Gasteiger charge is 2.38. The standard InChI is InChI=1S/C24H23N3O5S/c1-15-10-16(2)12-18(11-15)32-14-22(28)27-21-9-8-19(33(25,30)31)13-20(21)26-24(29)23(27)17-6-4-3-5-7-17/h3-13,23H,14H2,1-2H3,(H,26,29)(H2,25,30,31). The first-order chi connectivity index (χ1) is 15.6. The summed E-state index contributed by atoms with van der Waals surface area (Å²) in [6, 6.07) is 17.6. The van der Waals surface area contributed by atoms with Gasteiger partial charge in [-0.3, -0.25) is 14.5 Å². The Bertz CT molecular complexity index is 1320. The number of benzene rings is 3. The molecule has 0 fully saturated rings. The highest BCUT2D eigenvalue weighted by Crippen LogP contribution is 2.39. The molecule has 1 aliphatic heterocycles. The maximum Gasteiger partial charge on any atom is 0.265 e. The smallest absolute Gasteiger partial charge is 0.265 e. The molecule has 1 heterocycles. The Hall–Kier alpha value is -3.69. The van der Waals surface area contributed by atoms with E-state index >= 15 is 0 Å². The van der Waals surface area contributed by atoms with Gasteiger partial charge in [0.25, 0.3) is 11.8 Å². The number of nitrogens with zero attached hydrogens (tertiary/aromatic N) is 1. The molecule has 2 amide bonds. The Morgan fingerprint density at radius 2 is 1.70 bits per heavy atom. The number of hydrogen-bond donors (Lipinski definition) is 2. The lowest BCUT2D eigenvalue weighted by Gasteiger charge is -2.36. The summed E-state index contributed by atoms with van der Waals surface area (Å²) in [6.45, 7) is 3.55. The SMILES string of the molecule is Cc1cc(C)cc(OCC(=O)N2c3ccc(S(N)(=O)=O)cc3NC(=O)C2c2ccccc2)c1. The zero-order valence-electron chi connectivity index (χ0n) is 18.1. The Morgan fingerprint density at radius 1 is 1.03 bits per heavy atom. The third-order valence-corrected chi connectivity index (χ3v) is 6.17. The minimum absolute atomic E-state index is 0.168. The molecule has 0 saturated heterocycles. The molecule has 3 aromatic rings. The molecule has 3 aromatic carbocycles. The topological polar surface area (TPSA) is 119 Å². The monoisotopic (exact) mass is 465 g/mol. The quantitative estimate of drug-likeness (QED) is 0.600. The van der Waals surface area contributed by atoms with Crippen molar-refractivity contribution >= 4 is 33.2 Å². The average Bonchev–Trinajstić information content (AvgIpc) is 2.75. The van der Waals surface area contributed by atoms with Crippen LogP contribution in [0.25, 0.3) is 0 Å². The molecule has 170 valence electrons. The van der Waals surface area contributed by atoms with Gasteiger partial charge in [0.15, 0.2) is 6.61 Å². The van der Waals surface area contributed by atoms with E-state index in [9.17, 15) is 18.0 Å². The minimum Gasteiger partial charge on any atom is -0.484 e. The highest BCUT2D eigenvalue weighted by molar-refractivity contribution is 7.89. The number of anilines is 2. The first-order valence-corrected chi connectivity index (χ1v) is 11.7. The number of primary sulfonamides is 1. The van der Waals surface area contributed by atoms with Crippen LogP contribution in [-0.4, -0.2) is 26.8 Å². The minimum atomic E-state index is -3.99. The van der Waals surface area contributed by atoms with Gasteiger partial charge in [-0.2, -0.15) is 0 Å². The molecule has 0 aromatic heterocycles. The molecular formula is C24H23N3O5S. The number of fused-ring (bicyclic) bond motifs is 1. The first-order valence-electron chi connectivity index (χ1n) is 10.2. The lowest BCUT2D eigenvalue weighted by molar-refractivity contribution is -0.125. The molecule has 1 aliphatic rings. The molecule has 1 unspecified atom stereocenters. The van der Waals surface area contributed by atoms with Gasteiger partial charge in [-0.1, -0.05) is 36.4 Å². The number of aryl methyl sites for hydroxylation is 2. The third kappa shape index (κ3) is 4.74. The van der Waals surface area contributed by atoms with Crippen molar-refractivity contribution in [2.24, 2.45) is 5.14 Å². The van der Waals surface area contributed by atoms with Crippen LogP contribution in [0, 0.1) is 13.8 Å². The molecule has 0 bridgehead atoms. The maximum absolute atomic E-state index is 13.4. The van der Waals surface area contributed by atoms with Crippen molar-refractivity contribution in [2.75, 3.05) is 16.8 Å². The Morgan fingerprint density at radius 3 is 2.33 bits per heavy atom. The summed E-state index contributed by atoms with van der Waals surface area (Å²) in [5, 5.41) is 7.93. The van der Waals surface area contributed by atoms with Gasteiger partial charge in [0, 0.05) is 0 Å². The predicted molar refractivity (Wildman–Crippen MR) is 125 cm³/mol. The van der Waals surface area contributed by atoms with Crippen molar-refractivity contribution in [3.63, 3.8) is 0 Å². The molecule has 9 heteroatoms. The molecule has 1 atom stereocenters. The van der Waals surface area contributed by atoms with E-state index in [1.165, 1.54) is 23.1 Å². The van der Waals surface area contributed by atoms with Crippen molar-refractivity contribution in [3.05, 3.63) is 83.4 Å². The van der Waals surface area contributed by atoms with Gasteiger partial charge in [0.05, 0.1) is 16.3 Å². The van der Waals surface area contributed by atoms with E-state index in [0.717, 1.165) is 11.1 Å². The molecule has 3 N–H and O–H groups in total. The second-order valence-corrected chi connectivity index (χ2v) is 9.46. The summed E-state index contributed by atoms with van der Waals surface area (Å²) in [4.78, 5) is 27.6. The van der Waals surface area contributed by atoms with Crippen molar-refractivity contribution in [1.82, 2.24) is 0 Å². The zero-order chi connectivity index (χ0) is 23.8. The van der Waals surface area contributed by atoms with Crippen LogP contribution in [-0.2, 0) is 19.6 Å². The average molecular weight is 466 g/mol. The number of carbonyl (C=O) groups is 2. The van der Waals surface area contributed by atoms with Crippen molar-refractivity contribution in [3.8, 4) is 5.75 Å². The Labute approximate surface area is 192 Å². The number of sulfonamides is 1. The van der Waals surface area contributed by atoms with Crippen molar-refractivity contribution in [2.45, 2.75) is 24.8 Å². The van der Waals surface area contributed by atoms with Crippen LogP contribution in [0.2, 0.25) is 0 Å². The van der Waals surface area contributed by atoms with Crippen LogP contribution in [0.5, 0.6) is 5.75 Å². The Kier molecular flexibility index (Phi) is 5.92. The number of rotatable bonds is 5. The predicted octanol–water partition coefficient (Wildman–Crippen LogP) is 3.06. The molecule has 0 aliphatic carbocycles. The van der Waals surface area contributed by atoms with E-state index in [1.54, 1.807) is 24.3 Å². The maximum atomic E-state index is 13.4. The van der Waals surface area contributed by atoms with Crippen LogP contribution in [0.1, 0.15) is 22.7 Å². The van der Waals surface area contributed by atoms with Gasteiger partial charge in [-0.15, -0.1) is 0 Å². The lowest BCUT2D eigenvalue weighted by atomic mass is 10.00. The van der Waals surface area contributed by atoms with Crippen LogP contribution in [0.4, 0.5) is 11.4 Å². The summed E-state index contributed by atoms with van der Waals surface area (Å²) in [5.74, 6) is -0.383. The normalized spacial score (nSPS) is 15.5. The van der Waals surface area contributed by atoms with Crippen LogP contribution in [0.3, 0.4) is 0 Å². The van der Waals surface area contributed by atoms with Gasteiger partial charge in [-0.25, -0.2) is 13.6 Å². The number of carbonyl (C=O) groups excluding carboxylic acids is 2. The number of nitrogens with one attached hydrogen (secondary N) is 1. The van der Waals surface area contributed by atoms with Crippen molar-refractivity contribution in [1.29, 1.82) is 0 Å². The van der Waals surface area contributed by atoms with Crippen LogP contribution < -0.4 is 20.1 Å². The number of ether oxygens (including phenoxy) is 1. The highest BCUT2D eigenvalue weighted by atomic mass is 32.2. The molecule has 0 saturated carbocycles. The summed E-state index contributed by atoms with van der Waals surface area (Å²) < 4.78 is 29.3. The van der Waals surface area contributed by atoms with Gasteiger partial charge in [-0.05, 0) is 60.9 Å². The Balaban J connectivity index is 1.73. The summed E-state index contributed by atoms with van der Waals surface area (Å²) in [7, 11) is -3.99.